The van der Waals surface area contributed by atoms with Gasteiger partial charge in [0.1, 0.15) is 0 Å². The summed E-state index contributed by atoms with van der Waals surface area (Å²) in [6.07, 6.45) is 0. The van der Waals surface area contributed by atoms with Crippen molar-refractivity contribution in [1.29, 1.82) is 10.8 Å². The summed E-state index contributed by atoms with van der Waals surface area (Å²) in [4.78, 5) is 0. The maximum absolute atomic E-state index is 7.26. The van der Waals surface area contributed by atoms with Crippen molar-refractivity contribution >= 4 is 11.8 Å². The first kappa shape index (κ1) is 9.31. The molecule has 2 N–H and O–H groups in total. The molecule has 70 valence electrons. The second-order valence-corrected chi connectivity index (χ2v) is 2.23. The van der Waals surface area contributed by atoms with Crippen molar-refractivity contribution in [3.05, 3.63) is 23.7 Å². The molecule has 0 bridgehead atoms. The summed E-state index contributed by atoms with van der Waals surface area (Å²) >= 11 is 0. The van der Waals surface area contributed by atoms with E-state index in [2.05, 4.69) is 9.47 Å². The SMILES string of the molecule is COC(=N)c1ccc(C(=N)OC)o1. The summed E-state index contributed by atoms with van der Waals surface area (Å²) in [5.41, 5.74) is 0. The van der Waals surface area contributed by atoms with Crippen LogP contribution in [-0.2, 0) is 9.47 Å². The molecule has 0 amide bonds. The Bertz CT molecular complexity index is 299. The molecule has 1 rings (SSSR count). The topological polar surface area (TPSA) is 79.3 Å². The monoisotopic (exact) mass is 182 g/mol. The minimum atomic E-state index is -0.0739. The average molecular weight is 182 g/mol. The van der Waals surface area contributed by atoms with Crippen LogP contribution in [0.15, 0.2) is 16.5 Å². The van der Waals surface area contributed by atoms with E-state index >= 15 is 0 Å². The van der Waals surface area contributed by atoms with E-state index in [4.69, 9.17) is 15.2 Å². The van der Waals surface area contributed by atoms with Crippen molar-refractivity contribution in [1.82, 2.24) is 0 Å². The van der Waals surface area contributed by atoms with Crippen LogP contribution < -0.4 is 0 Å². The molecule has 0 saturated carbocycles. The third-order valence-corrected chi connectivity index (χ3v) is 1.46. The van der Waals surface area contributed by atoms with Gasteiger partial charge in [0.15, 0.2) is 11.5 Å². The zero-order chi connectivity index (χ0) is 9.84. The quantitative estimate of drug-likeness (QED) is 0.533. The van der Waals surface area contributed by atoms with Gasteiger partial charge in [0.2, 0.25) is 11.8 Å². The second kappa shape index (κ2) is 3.75. The molecule has 1 aromatic rings. The van der Waals surface area contributed by atoms with Gasteiger partial charge < -0.3 is 13.9 Å². The molecule has 0 unspecified atom stereocenters. The Hall–Kier alpha value is -1.78. The first-order chi connectivity index (χ1) is 6.19. The highest BCUT2D eigenvalue weighted by atomic mass is 16.5. The van der Waals surface area contributed by atoms with Crippen LogP contribution in [0.25, 0.3) is 0 Å². The Morgan fingerprint density at radius 3 is 1.77 bits per heavy atom. The largest absolute Gasteiger partial charge is 0.479 e. The summed E-state index contributed by atoms with van der Waals surface area (Å²) < 4.78 is 14.4. The van der Waals surface area contributed by atoms with E-state index in [1.54, 1.807) is 12.1 Å². The third kappa shape index (κ3) is 1.87. The van der Waals surface area contributed by atoms with Crippen LogP contribution >= 0.6 is 0 Å². The van der Waals surface area contributed by atoms with Crippen LogP contribution in [0, 0.1) is 10.8 Å². The zero-order valence-electron chi connectivity index (χ0n) is 7.38. The fourth-order valence-electron chi connectivity index (χ4n) is 0.783. The maximum atomic E-state index is 7.26. The molecule has 0 radical (unpaired) electrons. The van der Waals surface area contributed by atoms with Crippen LogP contribution in [0.4, 0.5) is 0 Å². The van der Waals surface area contributed by atoms with Gasteiger partial charge in [0, 0.05) is 0 Å². The molecule has 0 aromatic carbocycles. The molecule has 5 nitrogen and oxygen atoms in total. The van der Waals surface area contributed by atoms with Gasteiger partial charge in [0.05, 0.1) is 14.2 Å². The predicted octanol–water partition coefficient (Wildman–Crippen LogP) is 1.22. The highest BCUT2D eigenvalue weighted by Crippen LogP contribution is 2.09. The first-order valence-electron chi connectivity index (χ1n) is 3.54. The van der Waals surface area contributed by atoms with Gasteiger partial charge >= 0.3 is 0 Å². The molecule has 0 aliphatic rings. The Morgan fingerprint density at radius 2 is 1.46 bits per heavy atom. The fourth-order valence-corrected chi connectivity index (χ4v) is 0.783. The number of furan rings is 1. The molecule has 0 fully saturated rings. The lowest BCUT2D eigenvalue weighted by atomic mass is 10.4. The Labute approximate surface area is 75.3 Å². The Kier molecular flexibility index (Phi) is 2.69. The van der Waals surface area contributed by atoms with Crippen LogP contribution in [0.2, 0.25) is 0 Å². The van der Waals surface area contributed by atoms with Crippen molar-refractivity contribution in [3.8, 4) is 0 Å². The van der Waals surface area contributed by atoms with E-state index in [1.165, 1.54) is 14.2 Å². The highest BCUT2D eigenvalue weighted by Gasteiger charge is 2.10. The number of rotatable bonds is 2. The molecule has 13 heavy (non-hydrogen) atoms. The van der Waals surface area contributed by atoms with E-state index in [-0.39, 0.29) is 23.3 Å². The Balaban J connectivity index is 2.86. The second-order valence-electron chi connectivity index (χ2n) is 2.23. The van der Waals surface area contributed by atoms with E-state index in [0.29, 0.717) is 0 Å². The van der Waals surface area contributed by atoms with E-state index < -0.39 is 0 Å². The lowest BCUT2D eigenvalue weighted by Crippen LogP contribution is -2.01. The predicted molar refractivity (Wildman–Crippen MR) is 46.4 cm³/mol. The van der Waals surface area contributed by atoms with Gasteiger partial charge in [-0.3, -0.25) is 10.8 Å². The molecule has 0 spiro atoms. The lowest BCUT2D eigenvalue weighted by Gasteiger charge is -1.98. The normalized spacial score (nSPS) is 9.38. The maximum Gasteiger partial charge on any atom is 0.249 e. The van der Waals surface area contributed by atoms with Gasteiger partial charge in [-0.2, -0.15) is 0 Å². The molecule has 0 aliphatic heterocycles. The molecule has 0 atom stereocenters. The van der Waals surface area contributed by atoms with Gasteiger partial charge in [-0.1, -0.05) is 0 Å². The number of nitrogens with one attached hydrogen (secondary N) is 2. The molecular weight excluding hydrogens is 172 g/mol. The Morgan fingerprint density at radius 1 is 1.08 bits per heavy atom. The van der Waals surface area contributed by atoms with Crippen molar-refractivity contribution < 1.29 is 13.9 Å². The standard InChI is InChI=1S/C8H10N2O3/c1-11-7(9)5-3-4-6(13-5)8(10)12-2/h3-4,9-10H,1-2H3. The average Bonchev–Trinajstić information content (AvgIpc) is 2.64. The molecule has 5 heteroatoms. The van der Waals surface area contributed by atoms with Gasteiger partial charge in [-0.25, -0.2) is 0 Å². The third-order valence-electron chi connectivity index (χ3n) is 1.46. The van der Waals surface area contributed by atoms with Crippen LogP contribution in [0.5, 0.6) is 0 Å². The number of hydrogen-bond donors (Lipinski definition) is 2. The molecule has 1 aromatic heterocycles. The molecule has 1 heterocycles. The first-order valence-corrected chi connectivity index (χ1v) is 3.54. The van der Waals surface area contributed by atoms with Crippen LogP contribution in [0.1, 0.15) is 11.5 Å². The summed E-state index contributed by atoms with van der Waals surface area (Å²) in [6.45, 7) is 0. The molecule has 0 saturated heterocycles. The smallest absolute Gasteiger partial charge is 0.249 e. The van der Waals surface area contributed by atoms with E-state index in [0.717, 1.165) is 0 Å². The van der Waals surface area contributed by atoms with Crippen LogP contribution in [-0.4, -0.2) is 26.0 Å². The summed E-state index contributed by atoms with van der Waals surface area (Å²) in [6, 6.07) is 3.10. The van der Waals surface area contributed by atoms with E-state index in [1.807, 2.05) is 0 Å². The lowest BCUT2D eigenvalue weighted by molar-refractivity contribution is 0.369. The van der Waals surface area contributed by atoms with Crippen molar-refractivity contribution in [3.63, 3.8) is 0 Å². The summed E-state index contributed by atoms with van der Waals surface area (Å²) in [5, 5.41) is 14.5. The minimum Gasteiger partial charge on any atom is -0.479 e. The summed E-state index contributed by atoms with van der Waals surface area (Å²) in [7, 11) is 2.76. The van der Waals surface area contributed by atoms with Gasteiger partial charge in [-0.05, 0) is 12.1 Å². The number of methoxy groups -OCH3 is 2. The fraction of sp³-hybridized carbons (Fsp3) is 0.250. The highest BCUT2D eigenvalue weighted by molar-refractivity contribution is 5.92. The van der Waals surface area contributed by atoms with E-state index in [9.17, 15) is 0 Å². The number of ether oxygens (including phenoxy) is 2. The number of hydrogen-bond acceptors (Lipinski definition) is 5. The summed E-state index contributed by atoms with van der Waals surface area (Å²) in [5.74, 6) is 0.406. The van der Waals surface area contributed by atoms with Gasteiger partial charge in [0.25, 0.3) is 0 Å². The van der Waals surface area contributed by atoms with Crippen molar-refractivity contribution in [2.75, 3.05) is 14.2 Å². The van der Waals surface area contributed by atoms with Crippen molar-refractivity contribution in [2.24, 2.45) is 0 Å². The zero-order valence-corrected chi connectivity index (χ0v) is 7.38. The molecular formula is C8H10N2O3. The van der Waals surface area contributed by atoms with Crippen molar-refractivity contribution in [2.45, 2.75) is 0 Å². The van der Waals surface area contributed by atoms with Gasteiger partial charge in [-0.15, -0.1) is 0 Å². The molecule has 0 aliphatic carbocycles. The van der Waals surface area contributed by atoms with Crippen LogP contribution in [0.3, 0.4) is 0 Å². The minimum absolute atomic E-state index is 0.0739.